The van der Waals surface area contributed by atoms with Crippen molar-refractivity contribution in [3.63, 3.8) is 0 Å². The molecule has 0 saturated heterocycles. The van der Waals surface area contributed by atoms with Gasteiger partial charge in [0.15, 0.2) is 0 Å². The number of thiol groups is 1. The van der Waals surface area contributed by atoms with Crippen LogP contribution in [-0.4, -0.2) is 0 Å². The van der Waals surface area contributed by atoms with Crippen LogP contribution in [0.3, 0.4) is 0 Å². The molecule has 54 valence electrons. The van der Waals surface area contributed by atoms with Gasteiger partial charge >= 0.3 is 0 Å². The Kier molecular flexibility index (Phi) is 2.48. The van der Waals surface area contributed by atoms with Crippen molar-refractivity contribution in [1.82, 2.24) is 0 Å². The molecule has 1 rings (SSSR count). The maximum Gasteiger partial charge on any atom is 0.0476 e. The summed E-state index contributed by atoms with van der Waals surface area (Å²) in [6, 6.07) is 5.48. The number of rotatable bonds is 1. The molecule has 0 fully saturated rings. The SMILES string of the molecule is NSc1ccc(S)cc1N. The monoisotopic (exact) mass is 172 g/mol. The molecule has 2 nitrogen and oxygen atoms in total. The molecule has 0 aromatic heterocycles. The van der Waals surface area contributed by atoms with E-state index in [9.17, 15) is 0 Å². The molecule has 1 aromatic rings. The highest BCUT2D eigenvalue weighted by Gasteiger charge is 1.95. The summed E-state index contributed by atoms with van der Waals surface area (Å²) < 4.78 is 0. The van der Waals surface area contributed by atoms with Crippen LogP contribution in [0.15, 0.2) is 28.0 Å². The number of anilines is 1. The van der Waals surface area contributed by atoms with E-state index in [1.165, 1.54) is 0 Å². The van der Waals surface area contributed by atoms with Gasteiger partial charge < -0.3 is 5.73 Å². The van der Waals surface area contributed by atoms with Crippen molar-refractivity contribution in [2.45, 2.75) is 9.79 Å². The highest BCUT2D eigenvalue weighted by molar-refractivity contribution is 7.97. The second-order valence-corrected chi connectivity index (χ2v) is 3.03. The summed E-state index contributed by atoms with van der Waals surface area (Å²) in [5, 5.41) is 5.31. The lowest BCUT2D eigenvalue weighted by Crippen LogP contribution is -1.90. The van der Waals surface area contributed by atoms with E-state index in [4.69, 9.17) is 10.9 Å². The molecule has 0 aliphatic heterocycles. The van der Waals surface area contributed by atoms with Crippen LogP contribution in [0, 0.1) is 0 Å². The molecule has 4 heteroatoms. The smallest absolute Gasteiger partial charge is 0.0476 e. The number of benzene rings is 1. The fraction of sp³-hybridized carbons (Fsp3) is 0. The predicted octanol–water partition coefficient (Wildman–Crippen LogP) is 1.52. The Morgan fingerprint density at radius 2 is 2.10 bits per heavy atom. The molecule has 0 radical (unpaired) electrons. The van der Waals surface area contributed by atoms with Gasteiger partial charge in [0, 0.05) is 15.5 Å². The lowest BCUT2D eigenvalue weighted by molar-refractivity contribution is 1.36. The summed E-state index contributed by atoms with van der Waals surface area (Å²) in [4.78, 5) is 1.74. The van der Waals surface area contributed by atoms with Crippen LogP contribution in [0.25, 0.3) is 0 Å². The van der Waals surface area contributed by atoms with E-state index in [2.05, 4.69) is 12.6 Å². The molecule has 1 aromatic carbocycles. The third kappa shape index (κ3) is 1.59. The molecule has 0 amide bonds. The van der Waals surface area contributed by atoms with Crippen molar-refractivity contribution in [3.8, 4) is 0 Å². The zero-order chi connectivity index (χ0) is 7.56. The van der Waals surface area contributed by atoms with E-state index in [1.54, 1.807) is 6.07 Å². The van der Waals surface area contributed by atoms with Gasteiger partial charge in [0.25, 0.3) is 0 Å². The fourth-order valence-corrected chi connectivity index (χ4v) is 1.20. The molecule has 0 heterocycles. The van der Waals surface area contributed by atoms with Crippen molar-refractivity contribution in [2.75, 3.05) is 5.73 Å². The minimum absolute atomic E-state index is 0.681. The van der Waals surface area contributed by atoms with Gasteiger partial charge in [0.05, 0.1) is 0 Å². The van der Waals surface area contributed by atoms with Crippen LogP contribution < -0.4 is 10.9 Å². The molecule has 0 bridgehead atoms. The van der Waals surface area contributed by atoms with Gasteiger partial charge in [0.2, 0.25) is 0 Å². The van der Waals surface area contributed by atoms with Crippen molar-refractivity contribution < 1.29 is 0 Å². The first-order valence-electron chi connectivity index (χ1n) is 2.69. The van der Waals surface area contributed by atoms with Crippen LogP contribution >= 0.6 is 24.6 Å². The Balaban J connectivity index is 3.07. The van der Waals surface area contributed by atoms with E-state index in [0.29, 0.717) is 5.69 Å². The molecule has 0 aliphatic rings. The first kappa shape index (κ1) is 7.78. The summed E-state index contributed by atoms with van der Waals surface area (Å²) in [6.07, 6.45) is 0. The Labute approximate surface area is 69.5 Å². The highest BCUT2D eigenvalue weighted by atomic mass is 32.2. The van der Waals surface area contributed by atoms with Gasteiger partial charge in [-0.05, 0) is 30.1 Å². The van der Waals surface area contributed by atoms with Gasteiger partial charge in [-0.25, -0.2) is 0 Å². The molecule has 0 saturated carbocycles. The van der Waals surface area contributed by atoms with Crippen molar-refractivity contribution >= 4 is 30.3 Å². The quantitative estimate of drug-likeness (QED) is 0.342. The van der Waals surface area contributed by atoms with E-state index in [-0.39, 0.29) is 0 Å². The lowest BCUT2D eigenvalue weighted by atomic mass is 10.3. The Hall–Kier alpha value is -0.320. The van der Waals surface area contributed by atoms with Crippen molar-refractivity contribution in [1.29, 1.82) is 0 Å². The molecule has 0 atom stereocenters. The van der Waals surface area contributed by atoms with E-state index < -0.39 is 0 Å². The minimum Gasteiger partial charge on any atom is -0.398 e. The zero-order valence-corrected chi connectivity index (χ0v) is 6.95. The van der Waals surface area contributed by atoms with Gasteiger partial charge in [-0.2, -0.15) is 0 Å². The maximum atomic E-state index is 5.58. The average Bonchev–Trinajstić information content (AvgIpc) is 1.88. The number of nitrogens with two attached hydrogens (primary N) is 2. The van der Waals surface area contributed by atoms with E-state index in [1.807, 2.05) is 12.1 Å². The first-order valence-corrected chi connectivity index (χ1v) is 4.02. The summed E-state index contributed by atoms with van der Waals surface area (Å²) >= 11 is 5.26. The van der Waals surface area contributed by atoms with Gasteiger partial charge in [-0.15, -0.1) is 12.6 Å². The normalized spacial score (nSPS) is 9.80. The zero-order valence-electron chi connectivity index (χ0n) is 5.24. The fourth-order valence-electron chi connectivity index (χ4n) is 0.643. The van der Waals surface area contributed by atoms with E-state index >= 15 is 0 Å². The van der Waals surface area contributed by atoms with Gasteiger partial charge in [-0.1, -0.05) is 0 Å². The Bertz CT molecular complexity index is 237. The first-order chi connectivity index (χ1) is 4.74. The minimum atomic E-state index is 0.681. The predicted molar refractivity (Wildman–Crippen MR) is 48.2 cm³/mol. The summed E-state index contributed by atoms with van der Waals surface area (Å²) in [5.74, 6) is 0. The third-order valence-corrected chi connectivity index (χ3v) is 2.02. The third-order valence-electron chi connectivity index (χ3n) is 1.12. The average molecular weight is 172 g/mol. The number of hydrogen-bond donors (Lipinski definition) is 3. The molecule has 0 spiro atoms. The van der Waals surface area contributed by atoms with Crippen molar-refractivity contribution in [2.24, 2.45) is 5.14 Å². The topological polar surface area (TPSA) is 52.0 Å². The van der Waals surface area contributed by atoms with E-state index in [0.717, 1.165) is 21.7 Å². The molecule has 0 aliphatic carbocycles. The summed E-state index contributed by atoms with van der Waals surface area (Å²) in [6.45, 7) is 0. The molecular weight excluding hydrogens is 164 g/mol. The molecule has 10 heavy (non-hydrogen) atoms. The van der Waals surface area contributed by atoms with Crippen LogP contribution in [0.5, 0.6) is 0 Å². The molecular formula is C6H8N2S2. The second kappa shape index (κ2) is 3.18. The van der Waals surface area contributed by atoms with Crippen LogP contribution in [-0.2, 0) is 0 Å². The summed E-state index contributed by atoms with van der Waals surface area (Å²) in [7, 11) is 0. The standard InChI is InChI=1S/C6H8N2S2/c7-5-3-4(9)1-2-6(5)10-8/h1-3,9H,7-8H2. The Morgan fingerprint density at radius 3 is 2.60 bits per heavy atom. The summed E-state index contributed by atoms with van der Waals surface area (Å²) in [5.41, 5.74) is 6.26. The highest BCUT2D eigenvalue weighted by Crippen LogP contribution is 2.22. The maximum absolute atomic E-state index is 5.58. The van der Waals surface area contributed by atoms with Crippen LogP contribution in [0.1, 0.15) is 0 Å². The molecule has 4 N–H and O–H groups in total. The van der Waals surface area contributed by atoms with Gasteiger partial charge in [-0.3, -0.25) is 5.14 Å². The Morgan fingerprint density at radius 1 is 1.40 bits per heavy atom. The van der Waals surface area contributed by atoms with Crippen LogP contribution in [0.4, 0.5) is 5.69 Å². The second-order valence-electron chi connectivity index (χ2n) is 1.84. The largest absolute Gasteiger partial charge is 0.398 e. The van der Waals surface area contributed by atoms with Gasteiger partial charge in [0.1, 0.15) is 0 Å². The van der Waals surface area contributed by atoms with Crippen LogP contribution in [0.2, 0.25) is 0 Å². The van der Waals surface area contributed by atoms with Crippen molar-refractivity contribution in [3.05, 3.63) is 18.2 Å². The number of hydrogen-bond acceptors (Lipinski definition) is 4. The molecule has 0 unspecified atom stereocenters. The lowest BCUT2D eigenvalue weighted by Gasteiger charge is -2.00. The number of nitrogen functional groups attached to an aromatic ring is 1.